The molecule has 0 bridgehead atoms. The minimum Gasteiger partial charge on any atom is -0.353 e. The van der Waals surface area contributed by atoms with Crippen LogP contribution in [0.5, 0.6) is 0 Å². The predicted molar refractivity (Wildman–Crippen MR) is 87.7 cm³/mol. The van der Waals surface area contributed by atoms with Gasteiger partial charge < -0.3 is 10.2 Å². The highest BCUT2D eigenvalue weighted by Crippen LogP contribution is 2.25. The van der Waals surface area contributed by atoms with E-state index in [1.54, 1.807) is 0 Å². The van der Waals surface area contributed by atoms with Gasteiger partial charge in [-0.25, -0.2) is 5.84 Å². The maximum absolute atomic E-state index is 5.47. The number of anilines is 3. The SMILES string of the molecule is NNc1nc(NCC2CCCCS2)nc(N2CCCC2)n1. The quantitative estimate of drug-likeness (QED) is 0.556. The van der Waals surface area contributed by atoms with Gasteiger partial charge in [0.15, 0.2) is 0 Å². The van der Waals surface area contributed by atoms with Crippen LogP contribution in [0.1, 0.15) is 32.1 Å². The summed E-state index contributed by atoms with van der Waals surface area (Å²) in [6.07, 6.45) is 6.32. The molecule has 1 atom stereocenters. The van der Waals surface area contributed by atoms with Gasteiger partial charge in [-0.15, -0.1) is 0 Å². The van der Waals surface area contributed by atoms with Gasteiger partial charge in [0.1, 0.15) is 0 Å². The Balaban J connectivity index is 1.66. The van der Waals surface area contributed by atoms with E-state index in [9.17, 15) is 0 Å². The number of aromatic nitrogens is 3. The van der Waals surface area contributed by atoms with Gasteiger partial charge in [0, 0.05) is 24.9 Å². The molecule has 3 rings (SSSR count). The van der Waals surface area contributed by atoms with Crippen LogP contribution in [0, 0.1) is 0 Å². The van der Waals surface area contributed by atoms with E-state index in [-0.39, 0.29) is 0 Å². The van der Waals surface area contributed by atoms with Crippen molar-refractivity contribution in [2.24, 2.45) is 5.84 Å². The van der Waals surface area contributed by atoms with Crippen molar-refractivity contribution < 1.29 is 0 Å². The molecule has 2 aliphatic rings. The second kappa shape index (κ2) is 7.13. The van der Waals surface area contributed by atoms with E-state index < -0.39 is 0 Å². The van der Waals surface area contributed by atoms with E-state index in [1.807, 2.05) is 11.8 Å². The van der Waals surface area contributed by atoms with Crippen LogP contribution >= 0.6 is 11.8 Å². The van der Waals surface area contributed by atoms with Gasteiger partial charge in [0.25, 0.3) is 0 Å². The molecule has 2 aliphatic heterocycles. The van der Waals surface area contributed by atoms with E-state index in [0.29, 0.717) is 23.1 Å². The number of hydrogen-bond acceptors (Lipinski definition) is 8. The summed E-state index contributed by atoms with van der Waals surface area (Å²) in [6.45, 7) is 2.91. The molecule has 0 amide bonds. The van der Waals surface area contributed by atoms with Gasteiger partial charge in [-0.2, -0.15) is 26.7 Å². The Labute approximate surface area is 129 Å². The molecule has 1 unspecified atom stereocenters. The lowest BCUT2D eigenvalue weighted by atomic mass is 10.2. The van der Waals surface area contributed by atoms with Crippen molar-refractivity contribution in [3.05, 3.63) is 0 Å². The summed E-state index contributed by atoms with van der Waals surface area (Å²) >= 11 is 2.04. The highest BCUT2D eigenvalue weighted by Gasteiger charge is 2.18. The molecule has 0 saturated carbocycles. The van der Waals surface area contributed by atoms with Gasteiger partial charge in [0.2, 0.25) is 17.8 Å². The minimum absolute atomic E-state index is 0.422. The Morgan fingerprint density at radius 2 is 1.90 bits per heavy atom. The van der Waals surface area contributed by atoms with Crippen molar-refractivity contribution in [1.29, 1.82) is 0 Å². The van der Waals surface area contributed by atoms with Crippen LogP contribution in [0.15, 0.2) is 0 Å². The van der Waals surface area contributed by atoms with Crippen molar-refractivity contribution in [2.45, 2.75) is 37.4 Å². The molecule has 0 aliphatic carbocycles. The summed E-state index contributed by atoms with van der Waals surface area (Å²) in [4.78, 5) is 15.4. The highest BCUT2D eigenvalue weighted by atomic mass is 32.2. The zero-order valence-electron chi connectivity index (χ0n) is 12.2. The third-order valence-electron chi connectivity index (χ3n) is 3.90. The Bertz CT molecular complexity index is 458. The first-order valence-corrected chi connectivity index (χ1v) is 8.73. The lowest BCUT2D eigenvalue weighted by Gasteiger charge is -2.22. The normalized spacial score (nSPS) is 22.3. The molecule has 3 heterocycles. The zero-order valence-corrected chi connectivity index (χ0v) is 13.0. The van der Waals surface area contributed by atoms with Crippen molar-refractivity contribution >= 4 is 29.6 Å². The largest absolute Gasteiger partial charge is 0.353 e. The number of hydrazine groups is 1. The number of thioether (sulfide) groups is 1. The monoisotopic (exact) mass is 309 g/mol. The van der Waals surface area contributed by atoms with E-state index in [1.165, 1.54) is 37.9 Å². The molecule has 0 radical (unpaired) electrons. The Hall–Kier alpha value is -1.28. The smallest absolute Gasteiger partial charge is 0.243 e. The standard InChI is InChI=1S/C13H23N7S/c14-19-12-16-11(15-9-10-5-1-4-8-21-10)17-13(18-12)20-6-2-3-7-20/h10H,1-9,14H2,(H2,15,16,17,18,19). The Morgan fingerprint density at radius 3 is 2.62 bits per heavy atom. The van der Waals surface area contributed by atoms with E-state index in [4.69, 9.17) is 5.84 Å². The lowest BCUT2D eigenvalue weighted by Crippen LogP contribution is -2.25. The first kappa shape index (κ1) is 14.6. The molecule has 4 N–H and O–H groups in total. The van der Waals surface area contributed by atoms with Crippen LogP contribution in [0.2, 0.25) is 0 Å². The zero-order chi connectivity index (χ0) is 14.5. The number of nitrogens with one attached hydrogen (secondary N) is 2. The lowest BCUT2D eigenvalue weighted by molar-refractivity contribution is 0.675. The fourth-order valence-electron chi connectivity index (χ4n) is 2.74. The van der Waals surface area contributed by atoms with Crippen LogP contribution in [0.3, 0.4) is 0 Å². The number of nitrogens with two attached hydrogens (primary N) is 1. The second-order valence-electron chi connectivity index (χ2n) is 5.49. The summed E-state index contributed by atoms with van der Waals surface area (Å²) in [5.74, 6) is 8.49. The van der Waals surface area contributed by atoms with Crippen LogP contribution in [-0.2, 0) is 0 Å². The summed E-state index contributed by atoms with van der Waals surface area (Å²) in [5.41, 5.74) is 2.54. The van der Waals surface area contributed by atoms with Gasteiger partial charge in [-0.1, -0.05) is 6.42 Å². The van der Waals surface area contributed by atoms with Gasteiger partial charge in [-0.05, 0) is 31.4 Å². The third-order valence-corrected chi connectivity index (χ3v) is 5.30. The molecular weight excluding hydrogens is 286 g/mol. The number of rotatable bonds is 5. The second-order valence-corrected chi connectivity index (χ2v) is 6.90. The van der Waals surface area contributed by atoms with Crippen molar-refractivity contribution in [3.63, 3.8) is 0 Å². The molecule has 7 nitrogen and oxygen atoms in total. The van der Waals surface area contributed by atoms with Crippen LogP contribution in [-0.4, -0.2) is 45.6 Å². The first-order chi connectivity index (χ1) is 10.3. The molecule has 1 aromatic rings. The molecule has 0 aromatic carbocycles. The third kappa shape index (κ3) is 3.88. The first-order valence-electron chi connectivity index (χ1n) is 7.68. The fraction of sp³-hybridized carbons (Fsp3) is 0.769. The number of nitrogens with zero attached hydrogens (tertiary/aromatic N) is 4. The number of hydrogen-bond donors (Lipinski definition) is 3. The molecule has 116 valence electrons. The molecule has 2 fully saturated rings. The molecular formula is C13H23N7S. The number of nitrogen functional groups attached to an aromatic ring is 1. The topological polar surface area (TPSA) is 92.0 Å². The van der Waals surface area contributed by atoms with Gasteiger partial charge in [-0.3, -0.25) is 5.43 Å². The summed E-state index contributed by atoms with van der Waals surface area (Å²) in [5, 5.41) is 4.00. The van der Waals surface area contributed by atoms with E-state index in [0.717, 1.165) is 19.6 Å². The maximum atomic E-state index is 5.47. The molecule has 21 heavy (non-hydrogen) atoms. The van der Waals surface area contributed by atoms with Gasteiger partial charge >= 0.3 is 0 Å². The summed E-state index contributed by atoms with van der Waals surface area (Å²) in [6, 6.07) is 0. The van der Waals surface area contributed by atoms with Crippen LogP contribution < -0.4 is 21.5 Å². The predicted octanol–water partition coefficient (Wildman–Crippen LogP) is 1.45. The molecule has 2 saturated heterocycles. The average molecular weight is 309 g/mol. The summed E-state index contributed by atoms with van der Waals surface area (Å²) < 4.78 is 0. The van der Waals surface area contributed by atoms with Crippen molar-refractivity contribution in [1.82, 2.24) is 15.0 Å². The maximum Gasteiger partial charge on any atom is 0.243 e. The van der Waals surface area contributed by atoms with Crippen molar-refractivity contribution in [3.8, 4) is 0 Å². The van der Waals surface area contributed by atoms with Crippen molar-refractivity contribution in [2.75, 3.05) is 41.0 Å². The van der Waals surface area contributed by atoms with Gasteiger partial charge in [0.05, 0.1) is 0 Å². The van der Waals surface area contributed by atoms with Crippen LogP contribution in [0.4, 0.5) is 17.8 Å². The fourth-order valence-corrected chi connectivity index (χ4v) is 3.98. The van der Waals surface area contributed by atoms with E-state index in [2.05, 4.69) is 30.6 Å². The average Bonchev–Trinajstić information content (AvgIpc) is 3.08. The Morgan fingerprint density at radius 1 is 1.10 bits per heavy atom. The highest BCUT2D eigenvalue weighted by molar-refractivity contribution is 7.99. The Kier molecular flexibility index (Phi) is 4.97. The van der Waals surface area contributed by atoms with E-state index >= 15 is 0 Å². The minimum atomic E-state index is 0.422. The molecule has 8 heteroatoms. The molecule has 0 spiro atoms. The van der Waals surface area contributed by atoms with Crippen LogP contribution in [0.25, 0.3) is 0 Å². The molecule has 1 aromatic heterocycles. The summed E-state index contributed by atoms with van der Waals surface area (Å²) in [7, 11) is 0.